The Hall–Kier alpha value is -2.41. The molecule has 0 bridgehead atoms. The molecule has 7 nitrogen and oxygen atoms in total. The summed E-state index contributed by atoms with van der Waals surface area (Å²) in [6.45, 7) is 4.73. The van der Waals surface area contributed by atoms with Gasteiger partial charge in [0, 0.05) is 24.6 Å². The van der Waals surface area contributed by atoms with Crippen LogP contribution in [0.5, 0.6) is 5.75 Å². The van der Waals surface area contributed by atoms with Crippen LogP contribution in [0.1, 0.15) is 37.6 Å². The predicted octanol–water partition coefficient (Wildman–Crippen LogP) is 1.53. The zero-order chi connectivity index (χ0) is 18.0. The van der Waals surface area contributed by atoms with Gasteiger partial charge in [-0.15, -0.1) is 5.10 Å². The number of carbonyl (C=O) groups is 1. The topological polar surface area (TPSA) is 80.5 Å². The minimum absolute atomic E-state index is 0.0309. The maximum Gasteiger partial charge on any atom is 0.227 e. The SMILES string of the molecule is COc1ccccc1CC(=O)N1CC[C@@](O)(c2cn(C(C)C)nn2)C1. The number of benzene rings is 1. The fourth-order valence-electron chi connectivity index (χ4n) is 3.08. The highest BCUT2D eigenvalue weighted by atomic mass is 16.5. The monoisotopic (exact) mass is 344 g/mol. The Bertz CT molecular complexity index is 758. The number of carbonyl (C=O) groups excluding carboxylic acids is 1. The molecule has 0 radical (unpaired) electrons. The number of ether oxygens (including phenoxy) is 1. The molecule has 134 valence electrons. The highest BCUT2D eigenvalue weighted by Crippen LogP contribution is 2.31. The van der Waals surface area contributed by atoms with Gasteiger partial charge in [-0.1, -0.05) is 23.4 Å². The smallest absolute Gasteiger partial charge is 0.227 e. The van der Waals surface area contributed by atoms with E-state index in [1.165, 1.54) is 0 Å². The van der Waals surface area contributed by atoms with Crippen molar-refractivity contribution >= 4 is 5.91 Å². The minimum Gasteiger partial charge on any atom is -0.496 e. The van der Waals surface area contributed by atoms with Gasteiger partial charge in [0.1, 0.15) is 17.0 Å². The van der Waals surface area contributed by atoms with Crippen molar-refractivity contribution in [1.29, 1.82) is 0 Å². The lowest BCUT2D eigenvalue weighted by molar-refractivity contribution is -0.130. The quantitative estimate of drug-likeness (QED) is 0.890. The Kier molecular flexibility index (Phi) is 4.76. The van der Waals surface area contributed by atoms with Crippen molar-refractivity contribution in [2.24, 2.45) is 0 Å². The lowest BCUT2D eigenvalue weighted by Gasteiger charge is -2.21. The van der Waals surface area contributed by atoms with Crippen molar-refractivity contribution in [2.45, 2.75) is 38.3 Å². The Morgan fingerprint density at radius 3 is 2.84 bits per heavy atom. The molecule has 1 atom stereocenters. The zero-order valence-corrected chi connectivity index (χ0v) is 14.8. The number of methoxy groups -OCH3 is 1. The molecule has 1 saturated heterocycles. The first-order valence-corrected chi connectivity index (χ1v) is 8.47. The van der Waals surface area contributed by atoms with Gasteiger partial charge in [-0.3, -0.25) is 4.79 Å². The number of rotatable bonds is 5. The van der Waals surface area contributed by atoms with Gasteiger partial charge in [0.05, 0.1) is 26.3 Å². The molecule has 0 saturated carbocycles. The van der Waals surface area contributed by atoms with Crippen LogP contribution in [0.2, 0.25) is 0 Å². The second kappa shape index (κ2) is 6.84. The van der Waals surface area contributed by atoms with Crippen LogP contribution in [0, 0.1) is 0 Å². The van der Waals surface area contributed by atoms with E-state index >= 15 is 0 Å². The molecule has 1 fully saturated rings. The summed E-state index contributed by atoms with van der Waals surface area (Å²) in [5.41, 5.74) is 0.230. The highest BCUT2D eigenvalue weighted by molar-refractivity contribution is 5.80. The second-order valence-electron chi connectivity index (χ2n) is 6.76. The van der Waals surface area contributed by atoms with Gasteiger partial charge in [0.15, 0.2) is 0 Å². The standard InChI is InChI=1S/C18H24N4O3/c1-13(2)22-11-16(19-20-22)18(24)8-9-21(12-18)17(23)10-14-6-4-5-7-15(14)25-3/h4-7,11,13,24H,8-10,12H2,1-3H3/t18-/m0/s1. The third kappa shape index (κ3) is 3.51. The second-order valence-corrected chi connectivity index (χ2v) is 6.76. The van der Waals surface area contributed by atoms with E-state index in [1.54, 1.807) is 22.9 Å². The van der Waals surface area contributed by atoms with E-state index in [4.69, 9.17) is 4.74 Å². The Morgan fingerprint density at radius 1 is 1.40 bits per heavy atom. The third-order valence-electron chi connectivity index (χ3n) is 4.65. The summed E-state index contributed by atoms with van der Waals surface area (Å²) in [5, 5.41) is 19.1. The number of para-hydroxylation sites is 1. The Balaban J connectivity index is 1.70. The highest BCUT2D eigenvalue weighted by Gasteiger charge is 2.41. The molecule has 0 aliphatic carbocycles. The predicted molar refractivity (Wildman–Crippen MR) is 92.2 cm³/mol. The van der Waals surface area contributed by atoms with Crippen LogP contribution < -0.4 is 4.74 Å². The first-order valence-electron chi connectivity index (χ1n) is 8.47. The molecule has 1 aliphatic rings. The molecule has 0 spiro atoms. The fourth-order valence-corrected chi connectivity index (χ4v) is 3.08. The number of aliphatic hydroxyl groups is 1. The summed E-state index contributed by atoms with van der Waals surface area (Å²) in [7, 11) is 1.59. The van der Waals surface area contributed by atoms with Crippen LogP contribution in [0.4, 0.5) is 0 Å². The number of nitrogens with zero attached hydrogens (tertiary/aromatic N) is 4. The van der Waals surface area contributed by atoms with Gasteiger partial charge in [-0.2, -0.15) is 0 Å². The number of β-amino-alcohol motifs (C(OH)–C–C–N with tert-alkyl or cyclic N) is 1. The van der Waals surface area contributed by atoms with Gasteiger partial charge in [-0.05, 0) is 19.9 Å². The van der Waals surface area contributed by atoms with E-state index < -0.39 is 5.60 Å². The molecule has 7 heteroatoms. The van der Waals surface area contributed by atoms with Crippen LogP contribution >= 0.6 is 0 Å². The normalized spacial score (nSPS) is 20.3. The molecule has 1 N–H and O–H groups in total. The molecule has 1 aliphatic heterocycles. The van der Waals surface area contributed by atoms with E-state index in [1.807, 2.05) is 38.1 Å². The summed E-state index contributed by atoms with van der Waals surface area (Å²) in [5.74, 6) is 0.668. The first-order chi connectivity index (χ1) is 11.9. The molecule has 1 aromatic heterocycles. The van der Waals surface area contributed by atoms with Crippen molar-refractivity contribution in [2.75, 3.05) is 20.2 Å². The molecule has 2 heterocycles. The van der Waals surface area contributed by atoms with Gasteiger partial charge in [0.2, 0.25) is 5.91 Å². The van der Waals surface area contributed by atoms with Crippen LogP contribution in [0.25, 0.3) is 0 Å². The zero-order valence-electron chi connectivity index (χ0n) is 14.8. The Labute approximate surface area is 147 Å². The number of amides is 1. The number of likely N-dealkylation sites (tertiary alicyclic amines) is 1. The summed E-state index contributed by atoms with van der Waals surface area (Å²) in [6, 6.07) is 7.66. The molecule has 1 amide bonds. The summed E-state index contributed by atoms with van der Waals surface area (Å²) < 4.78 is 7.02. The van der Waals surface area contributed by atoms with Crippen LogP contribution in [0.3, 0.4) is 0 Å². The summed E-state index contributed by atoms with van der Waals surface area (Å²) >= 11 is 0. The number of hydrogen-bond acceptors (Lipinski definition) is 5. The molecular weight excluding hydrogens is 320 g/mol. The molecule has 2 aromatic rings. The minimum atomic E-state index is -1.14. The van der Waals surface area contributed by atoms with E-state index in [0.29, 0.717) is 24.4 Å². The number of aromatic nitrogens is 3. The molecule has 1 aromatic carbocycles. The van der Waals surface area contributed by atoms with E-state index in [9.17, 15) is 9.90 Å². The molecule has 3 rings (SSSR count). The average Bonchev–Trinajstić information content (AvgIpc) is 3.23. The third-order valence-corrected chi connectivity index (χ3v) is 4.65. The van der Waals surface area contributed by atoms with Gasteiger partial charge >= 0.3 is 0 Å². The average molecular weight is 344 g/mol. The van der Waals surface area contributed by atoms with Crippen molar-refractivity contribution < 1.29 is 14.6 Å². The molecular formula is C18H24N4O3. The van der Waals surface area contributed by atoms with Gasteiger partial charge < -0.3 is 14.7 Å². The van der Waals surface area contributed by atoms with E-state index in [-0.39, 0.29) is 24.9 Å². The molecule has 0 unspecified atom stereocenters. The maximum atomic E-state index is 12.6. The largest absolute Gasteiger partial charge is 0.496 e. The fraction of sp³-hybridized carbons (Fsp3) is 0.500. The summed E-state index contributed by atoms with van der Waals surface area (Å²) in [4.78, 5) is 14.3. The molecule has 25 heavy (non-hydrogen) atoms. The van der Waals surface area contributed by atoms with Crippen molar-refractivity contribution in [3.63, 3.8) is 0 Å². The summed E-state index contributed by atoms with van der Waals surface area (Å²) in [6.07, 6.45) is 2.47. The lowest BCUT2D eigenvalue weighted by Crippen LogP contribution is -2.35. The first kappa shape index (κ1) is 17.4. The van der Waals surface area contributed by atoms with Gasteiger partial charge in [-0.25, -0.2) is 4.68 Å². The Morgan fingerprint density at radius 2 is 2.16 bits per heavy atom. The van der Waals surface area contributed by atoms with Gasteiger partial charge in [0.25, 0.3) is 0 Å². The van der Waals surface area contributed by atoms with Crippen molar-refractivity contribution in [3.8, 4) is 5.75 Å². The number of hydrogen-bond donors (Lipinski definition) is 1. The van der Waals surface area contributed by atoms with Crippen LogP contribution in [-0.2, 0) is 16.8 Å². The van der Waals surface area contributed by atoms with E-state index in [2.05, 4.69) is 10.3 Å². The van der Waals surface area contributed by atoms with Crippen molar-refractivity contribution in [1.82, 2.24) is 19.9 Å². The lowest BCUT2D eigenvalue weighted by atomic mass is 10.00. The van der Waals surface area contributed by atoms with Crippen molar-refractivity contribution in [3.05, 3.63) is 41.7 Å². The van der Waals surface area contributed by atoms with Crippen LogP contribution in [-0.4, -0.2) is 51.1 Å². The van der Waals surface area contributed by atoms with E-state index in [0.717, 1.165) is 5.56 Å². The maximum absolute atomic E-state index is 12.6. The van der Waals surface area contributed by atoms with Crippen LogP contribution in [0.15, 0.2) is 30.5 Å².